The van der Waals surface area contributed by atoms with E-state index >= 15 is 0 Å². The SMILES string of the molecule is O=C(C[C@@H]1CC2(CCN(C(=O)COc3ccccc3)CC2)Oc2ccccc21)NC1CCC1. The van der Waals surface area contributed by atoms with Crippen LogP contribution in [0, 0.1) is 0 Å². The number of likely N-dealkylation sites (tertiary alicyclic amines) is 1. The van der Waals surface area contributed by atoms with E-state index in [0.717, 1.165) is 43.4 Å². The lowest BCUT2D eigenvalue weighted by atomic mass is 9.76. The molecule has 33 heavy (non-hydrogen) atoms. The second-order valence-electron chi connectivity index (χ2n) is 9.61. The summed E-state index contributed by atoms with van der Waals surface area (Å²) in [6, 6.07) is 17.9. The fourth-order valence-electron chi connectivity index (χ4n) is 5.21. The largest absolute Gasteiger partial charge is 0.487 e. The molecule has 1 aliphatic carbocycles. The number of carbonyl (C=O) groups excluding carboxylic acids is 2. The Hall–Kier alpha value is -3.02. The quantitative estimate of drug-likeness (QED) is 0.724. The van der Waals surface area contributed by atoms with Crippen molar-refractivity contribution in [2.75, 3.05) is 19.7 Å². The average Bonchev–Trinajstić information content (AvgIpc) is 2.81. The highest BCUT2D eigenvalue weighted by atomic mass is 16.5. The van der Waals surface area contributed by atoms with Crippen LogP contribution < -0.4 is 14.8 Å². The first-order valence-electron chi connectivity index (χ1n) is 12.1. The Balaban J connectivity index is 1.21. The van der Waals surface area contributed by atoms with Gasteiger partial charge in [0.15, 0.2) is 6.61 Å². The minimum atomic E-state index is -0.327. The van der Waals surface area contributed by atoms with Crippen molar-refractivity contribution < 1.29 is 19.1 Å². The first-order chi connectivity index (χ1) is 16.1. The minimum Gasteiger partial charge on any atom is -0.487 e. The summed E-state index contributed by atoms with van der Waals surface area (Å²) in [6.45, 7) is 1.32. The lowest BCUT2D eigenvalue weighted by Crippen LogP contribution is -2.52. The molecule has 3 aliphatic rings. The van der Waals surface area contributed by atoms with Crippen LogP contribution in [0.1, 0.15) is 56.4 Å². The van der Waals surface area contributed by atoms with Crippen molar-refractivity contribution in [1.82, 2.24) is 10.2 Å². The van der Waals surface area contributed by atoms with Crippen molar-refractivity contribution in [2.45, 2.75) is 62.5 Å². The molecule has 2 aliphatic heterocycles. The van der Waals surface area contributed by atoms with Crippen LogP contribution in [-0.4, -0.2) is 48.1 Å². The molecule has 0 bridgehead atoms. The molecule has 2 fully saturated rings. The van der Waals surface area contributed by atoms with Crippen molar-refractivity contribution >= 4 is 11.8 Å². The number of fused-ring (bicyclic) bond motifs is 1. The summed E-state index contributed by atoms with van der Waals surface area (Å²) in [5, 5.41) is 3.19. The normalized spacial score (nSPS) is 21.5. The van der Waals surface area contributed by atoms with Crippen LogP contribution in [0.3, 0.4) is 0 Å². The lowest BCUT2D eigenvalue weighted by Gasteiger charge is -2.47. The first-order valence-corrected chi connectivity index (χ1v) is 12.1. The molecule has 1 N–H and O–H groups in total. The fraction of sp³-hybridized carbons (Fsp3) is 0.481. The molecule has 1 spiro atoms. The number of nitrogens with one attached hydrogen (secondary N) is 1. The van der Waals surface area contributed by atoms with Gasteiger partial charge in [-0.3, -0.25) is 9.59 Å². The predicted octanol–water partition coefficient (Wildman–Crippen LogP) is 4.05. The number of amides is 2. The molecular weight excluding hydrogens is 416 g/mol. The number of rotatable bonds is 6. The van der Waals surface area contributed by atoms with Crippen LogP contribution >= 0.6 is 0 Å². The third-order valence-electron chi connectivity index (χ3n) is 7.34. The molecule has 2 amide bonds. The summed E-state index contributed by atoms with van der Waals surface area (Å²) in [4.78, 5) is 27.3. The molecule has 0 radical (unpaired) electrons. The summed E-state index contributed by atoms with van der Waals surface area (Å²) in [5.74, 6) is 1.87. The van der Waals surface area contributed by atoms with Gasteiger partial charge in [0.05, 0.1) is 0 Å². The van der Waals surface area contributed by atoms with Gasteiger partial charge in [0.1, 0.15) is 17.1 Å². The highest BCUT2D eigenvalue weighted by Crippen LogP contribution is 2.46. The summed E-state index contributed by atoms with van der Waals surface area (Å²) in [7, 11) is 0. The van der Waals surface area contributed by atoms with E-state index in [1.165, 1.54) is 6.42 Å². The van der Waals surface area contributed by atoms with Crippen LogP contribution in [0.15, 0.2) is 54.6 Å². The van der Waals surface area contributed by atoms with Gasteiger partial charge >= 0.3 is 0 Å². The van der Waals surface area contributed by atoms with Crippen LogP contribution in [-0.2, 0) is 9.59 Å². The van der Waals surface area contributed by atoms with Crippen molar-refractivity contribution in [1.29, 1.82) is 0 Å². The van der Waals surface area contributed by atoms with E-state index in [1.807, 2.05) is 53.4 Å². The second kappa shape index (κ2) is 9.46. The van der Waals surface area contributed by atoms with Crippen LogP contribution in [0.25, 0.3) is 0 Å². The van der Waals surface area contributed by atoms with Gasteiger partial charge in [-0.2, -0.15) is 0 Å². The summed E-state index contributed by atoms with van der Waals surface area (Å²) < 4.78 is 12.2. The van der Waals surface area contributed by atoms with Gasteiger partial charge < -0.3 is 19.7 Å². The fourth-order valence-corrected chi connectivity index (χ4v) is 5.21. The monoisotopic (exact) mass is 448 g/mol. The Bertz CT molecular complexity index is 981. The van der Waals surface area contributed by atoms with E-state index in [1.54, 1.807) is 0 Å². The molecule has 6 heteroatoms. The third-order valence-corrected chi connectivity index (χ3v) is 7.34. The predicted molar refractivity (Wildman–Crippen MR) is 125 cm³/mol. The third kappa shape index (κ3) is 5.00. The highest BCUT2D eigenvalue weighted by molar-refractivity contribution is 5.78. The summed E-state index contributed by atoms with van der Waals surface area (Å²) in [6.07, 6.45) is 6.23. The molecule has 0 unspecified atom stereocenters. The molecule has 0 aromatic heterocycles. The molecule has 174 valence electrons. The van der Waals surface area contributed by atoms with E-state index in [2.05, 4.69) is 11.4 Å². The lowest BCUT2D eigenvalue weighted by molar-refractivity contribution is -0.137. The first kappa shape index (κ1) is 21.8. The Kier molecular flexibility index (Phi) is 6.25. The molecule has 2 aromatic rings. The van der Waals surface area contributed by atoms with Gasteiger partial charge in [-0.05, 0) is 49.4 Å². The molecule has 5 rings (SSSR count). The Morgan fingerprint density at radius 1 is 1.03 bits per heavy atom. The second-order valence-corrected chi connectivity index (χ2v) is 9.61. The van der Waals surface area contributed by atoms with Gasteiger partial charge in [-0.15, -0.1) is 0 Å². The van der Waals surface area contributed by atoms with Gasteiger partial charge in [0.2, 0.25) is 5.91 Å². The summed E-state index contributed by atoms with van der Waals surface area (Å²) in [5.41, 5.74) is 0.800. The molecular formula is C27H32N2O4. The molecule has 2 heterocycles. The minimum absolute atomic E-state index is 0.00124. The van der Waals surface area contributed by atoms with Crippen molar-refractivity contribution in [3.05, 3.63) is 60.2 Å². The summed E-state index contributed by atoms with van der Waals surface area (Å²) >= 11 is 0. The number of hydrogen-bond acceptors (Lipinski definition) is 4. The molecule has 2 aromatic carbocycles. The zero-order valence-electron chi connectivity index (χ0n) is 19.0. The van der Waals surface area contributed by atoms with Crippen molar-refractivity contribution in [2.24, 2.45) is 0 Å². The average molecular weight is 449 g/mol. The van der Waals surface area contributed by atoms with Gasteiger partial charge in [0, 0.05) is 44.3 Å². The molecule has 6 nitrogen and oxygen atoms in total. The van der Waals surface area contributed by atoms with Gasteiger partial charge in [-0.25, -0.2) is 0 Å². The van der Waals surface area contributed by atoms with Crippen LogP contribution in [0.5, 0.6) is 11.5 Å². The number of benzene rings is 2. The molecule has 1 saturated heterocycles. The maximum Gasteiger partial charge on any atom is 0.260 e. The zero-order valence-corrected chi connectivity index (χ0v) is 19.0. The number of nitrogens with zero attached hydrogens (tertiary/aromatic N) is 1. The smallest absolute Gasteiger partial charge is 0.260 e. The number of hydrogen-bond donors (Lipinski definition) is 1. The van der Waals surface area contributed by atoms with E-state index in [0.29, 0.717) is 31.3 Å². The maximum atomic E-state index is 12.7. The Morgan fingerprint density at radius 2 is 1.76 bits per heavy atom. The Morgan fingerprint density at radius 3 is 2.48 bits per heavy atom. The van der Waals surface area contributed by atoms with E-state index in [4.69, 9.17) is 9.47 Å². The molecule has 1 atom stereocenters. The van der Waals surface area contributed by atoms with Crippen molar-refractivity contribution in [3.8, 4) is 11.5 Å². The highest BCUT2D eigenvalue weighted by Gasteiger charge is 2.44. The number of para-hydroxylation sites is 2. The van der Waals surface area contributed by atoms with E-state index in [-0.39, 0.29) is 29.9 Å². The maximum absolute atomic E-state index is 12.7. The number of carbonyl (C=O) groups is 2. The van der Waals surface area contributed by atoms with Gasteiger partial charge in [-0.1, -0.05) is 36.4 Å². The zero-order chi connectivity index (χ0) is 22.7. The Labute approximate surface area is 195 Å². The molecule has 1 saturated carbocycles. The number of ether oxygens (including phenoxy) is 2. The van der Waals surface area contributed by atoms with Crippen molar-refractivity contribution in [3.63, 3.8) is 0 Å². The van der Waals surface area contributed by atoms with Crippen LogP contribution in [0.4, 0.5) is 0 Å². The number of piperidine rings is 1. The van der Waals surface area contributed by atoms with E-state index in [9.17, 15) is 9.59 Å². The topological polar surface area (TPSA) is 67.9 Å². The van der Waals surface area contributed by atoms with Crippen LogP contribution in [0.2, 0.25) is 0 Å². The van der Waals surface area contributed by atoms with E-state index < -0.39 is 0 Å². The standard InChI is InChI=1S/C27H32N2O4/c30-25(28-21-7-6-8-21)17-20-18-27(33-24-12-5-4-11-23(20)24)13-15-29(16-14-27)26(31)19-32-22-9-2-1-3-10-22/h1-5,9-12,20-21H,6-8,13-19H2,(H,28,30)/t20-/m1/s1. The van der Waals surface area contributed by atoms with Gasteiger partial charge in [0.25, 0.3) is 5.91 Å².